The third kappa shape index (κ3) is 7.34. The van der Waals surface area contributed by atoms with Crippen LogP contribution in [0.4, 0.5) is 0 Å². The third-order valence-electron chi connectivity index (χ3n) is 8.42. The molecule has 1 aliphatic carbocycles. The van der Waals surface area contributed by atoms with Crippen molar-refractivity contribution in [2.75, 3.05) is 26.5 Å². The van der Waals surface area contributed by atoms with Crippen LogP contribution in [0.2, 0.25) is 0 Å². The molecule has 13 nitrogen and oxygen atoms in total. The molecule has 15 heteroatoms. The number of aryl methyl sites for hydroxylation is 1. The van der Waals surface area contributed by atoms with Crippen LogP contribution in [0.25, 0.3) is 22.5 Å². The maximum absolute atomic E-state index is 14.5. The molecule has 6 rings (SSSR count). The second kappa shape index (κ2) is 14.4. The van der Waals surface area contributed by atoms with Gasteiger partial charge in [0.15, 0.2) is 9.84 Å². The summed E-state index contributed by atoms with van der Waals surface area (Å²) in [5.74, 6) is 0.796. The van der Waals surface area contributed by atoms with E-state index in [1.54, 1.807) is 43.6 Å². The average molecular weight is 704 g/mol. The van der Waals surface area contributed by atoms with E-state index in [1.807, 2.05) is 30.3 Å². The number of rotatable bonds is 13. The number of nitrogens with one attached hydrogen (secondary N) is 1. The molecule has 0 bridgehead atoms. The fraction of sp³-hybridized carbons (Fsp3) is 0.294. The first-order chi connectivity index (χ1) is 23.6. The number of benzene rings is 3. The van der Waals surface area contributed by atoms with Gasteiger partial charge in [-0.25, -0.2) is 21.6 Å². The van der Waals surface area contributed by atoms with Crippen LogP contribution in [0.3, 0.4) is 0 Å². The minimum Gasteiger partial charge on any atom is -0.497 e. The van der Waals surface area contributed by atoms with E-state index in [0.29, 0.717) is 22.6 Å². The number of sulfone groups is 1. The predicted octanol–water partition coefficient (Wildman–Crippen LogP) is 3.56. The number of nitrogens with zero attached hydrogens (tertiary/aromatic N) is 5. The normalized spacial score (nSPS) is 13.2. The highest BCUT2D eigenvalue weighted by atomic mass is 32.2. The lowest BCUT2D eigenvalue weighted by Gasteiger charge is -2.22. The Labute approximate surface area is 285 Å². The van der Waals surface area contributed by atoms with Gasteiger partial charge in [-0.05, 0) is 95.1 Å². The van der Waals surface area contributed by atoms with Crippen molar-refractivity contribution in [1.29, 1.82) is 0 Å². The fourth-order valence-corrected chi connectivity index (χ4v) is 9.17. The maximum atomic E-state index is 14.5. The lowest BCUT2D eigenvalue weighted by atomic mass is 9.87. The molecule has 0 aliphatic heterocycles. The van der Waals surface area contributed by atoms with Gasteiger partial charge in [-0.15, -0.1) is 10.2 Å². The molecule has 2 heterocycles. The largest absolute Gasteiger partial charge is 0.497 e. The minimum atomic E-state index is -4.54. The molecule has 3 aromatic carbocycles. The molecule has 0 unspecified atom stereocenters. The molecule has 2 aromatic heterocycles. The summed E-state index contributed by atoms with van der Waals surface area (Å²) < 4.78 is 69.5. The van der Waals surface area contributed by atoms with Crippen LogP contribution in [0.1, 0.15) is 35.2 Å². The van der Waals surface area contributed by atoms with Gasteiger partial charge < -0.3 is 15.2 Å². The smallest absolute Gasteiger partial charge is 0.242 e. The SMILES string of the molecule is COc1ccc(CNS(=O)(=O)c2c(S(=O)(=O)CCN)ccc(-c3ccnc4c3CCCC4)c2-c2nnn(Cc3ccc(OC)cc3)n2)cc1. The molecule has 0 atom stereocenters. The van der Waals surface area contributed by atoms with Crippen molar-refractivity contribution in [3.8, 4) is 34.0 Å². The zero-order valence-corrected chi connectivity index (χ0v) is 28.8. The van der Waals surface area contributed by atoms with Crippen LogP contribution >= 0.6 is 0 Å². The van der Waals surface area contributed by atoms with Gasteiger partial charge in [0.25, 0.3) is 0 Å². The standard InChI is InChI=1S/C34H37N7O6S2/c1-46-25-11-7-23(8-12-25)21-37-49(44,45)33-31(48(42,43)20-18-35)16-15-29(27-17-19-36-30-6-4-3-5-28(27)30)32(33)34-38-40-41(39-34)22-24-9-13-26(47-2)14-10-24/h7-17,19,37H,3-6,18,20-22,35H2,1-2H3. The number of tetrazole rings is 1. The van der Waals surface area contributed by atoms with Crippen molar-refractivity contribution in [2.24, 2.45) is 5.73 Å². The Morgan fingerprint density at radius 2 is 1.51 bits per heavy atom. The summed E-state index contributed by atoms with van der Waals surface area (Å²) in [6.07, 6.45) is 5.14. The van der Waals surface area contributed by atoms with Crippen molar-refractivity contribution in [3.63, 3.8) is 0 Å². The van der Waals surface area contributed by atoms with E-state index in [9.17, 15) is 16.8 Å². The topological polar surface area (TPSA) is 181 Å². The molecule has 0 saturated carbocycles. The number of hydrogen-bond donors (Lipinski definition) is 2. The van der Waals surface area contributed by atoms with Crippen LogP contribution in [-0.2, 0) is 45.8 Å². The van der Waals surface area contributed by atoms with Gasteiger partial charge in [-0.1, -0.05) is 30.3 Å². The van der Waals surface area contributed by atoms with Crippen molar-refractivity contribution in [2.45, 2.75) is 48.6 Å². The van der Waals surface area contributed by atoms with E-state index in [1.165, 1.54) is 18.0 Å². The molecule has 49 heavy (non-hydrogen) atoms. The van der Waals surface area contributed by atoms with Crippen molar-refractivity contribution >= 4 is 19.9 Å². The first-order valence-electron chi connectivity index (χ1n) is 15.7. The first-order valence-corrected chi connectivity index (χ1v) is 18.9. The van der Waals surface area contributed by atoms with Gasteiger partial charge in [0.05, 0.1) is 37.0 Å². The molecule has 1 aliphatic rings. The molecule has 0 spiro atoms. The number of hydrogen-bond acceptors (Lipinski definition) is 11. The molecule has 0 fully saturated rings. The fourth-order valence-electron chi connectivity index (χ4n) is 5.96. The Morgan fingerprint density at radius 3 is 2.18 bits per heavy atom. The van der Waals surface area contributed by atoms with Crippen LogP contribution in [0, 0.1) is 0 Å². The summed E-state index contributed by atoms with van der Waals surface area (Å²) in [5, 5.41) is 13.2. The van der Waals surface area contributed by atoms with Crippen LogP contribution in [0.15, 0.2) is 82.7 Å². The molecule has 3 N–H and O–H groups in total. The van der Waals surface area contributed by atoms with E-state index in [4.69, 9.17) is 15.2 Å². The summed E-state index contributed by atoms with van der Waals surface area (Å²) in [5.41, 5.74) is 10.3. The second-order valence-corrected chi connectivity index (χ2v) is 15.4. The highest BCUT2D eigenvalue weighted by molar-refractivity contribution is 7.93. The lowest BCUT2D eigenvalue weighted by molar-refractivity contribution is 0.414. The summed E-state index contributed by atoms with van der Waals surface area (Å²) >= 11 is 0. The molecule has 0 radical (unpaired) electrons. The monoisotopic (exact) mass is 703 g/mol. The number of nitrogens with two attached hydrogens (primary N) is 1. The number of pyridine rings is 1. The number of fused-ring (bicyclic) bond motifs is 1. The van der Waals surface area contributed by atoms with Crippen LogP contribution in [0.5, 0.6) is 11.5 Å². The molecular formula is C34H37N7O6S2. The van der Waals surface area contributed by atoms with Crippen LogP contribution in [-0.4, -0.2) is 68.5 Å². The van der Waals surface area contributed by atoms with E-state index >= 15 is 0 Å². The Morgan fingerprint density at radius 1 is 0.837 bits per heavy atom. The van der Waals surface area contributed by atoms with Crippen molar-refractivity contribution in [1.82, 2.24) is 29.9 Å². The highest BCUT2D eigenvalue weighted by Gasteiger charge is 2.34. The summed E-state index contributed by atoms with van der Waals surface area (Å²) in [6.45, 7) is -0.0963. The second-order valence-electron chi connectivity index (χ2n) is 11.6. The first kappa shape index (κ1) is 34.2. The summed E-state index contributed by atoms with van der Waals surface area (Å²) in [4.78, 5) is 5.08. The summed E-state index contributed by atoms with van der Waals surface area (Å²) in [6, 6.07) is 19.0. The minimum absolute atomic E-state index is 0.0280. The van der Waals surface area contributed by atoms with Crippen molar-refractivity contribution in [3.05, 3.63) is 95.3 Å². The van der Waals surface area contributed by atoms with Gasteiger partial charge in [0.1, 0.15) is 16.4 Å². The number of methoxy groups -OCH3 is 2. The predicted molar refractivity (Wildman–Crippen MR) is 183 cm³/mol. The Kier molecular flexibility index (Phi) is 10.1. The van der Waals surface area contributed by atoms with E-state index in [-0.39, 0.29) is 31.0 Å². The Hall–Kier alpha value is -4.70. The van der Waals surface area contributed by atoms with Gasteiger partial charge in [0, 0.05) is 25.0 Å². The van der Waals surface area contributed by atoms with Gasteiger partial charge in [-0.2, -0.15) is 4.80 Å². The molecule has 5 aromatic rings. The third-order valence-corrected chi connectivity index (χ3v) is 11.8. The highest BCUT2D eigenvalue weighted by Crippen LogP contribution is 2.42. The number of ether oxygens (including phenoxy) is 2. The number of sulfonamides is 1. The Bertz CT molecular complexity index is 2170. The average Bonchev–Trinajstić information content (AvgIpc) is 3.58. The van der Waals surface area contributed by atoms with Crippen LogP contribution < -0.4 is 19.9 Å². The van der Waals surface area contributed by atoms with Crippen molar-refractivity contribution < 1.29 is 26.3 Å². The van der Waals surface area contributed by atoms with E-state index < -0.39 is 35.4 Å². The molecular weight excluding hydrogens is 667 g/mol. The molecule has 256 valence electrons. The Balaban J connectivity index is 1.55. The van der Waals surface area contributed by atoms with E-state index in [2.05, 4.69) is 25.1 Å². The van der Waals surface area contributed by atoms with E-state index in [0.717, 1.165) is 48.1 Å². The quantitative estimate of drug-likeness (QED) is 0.183. The molecule has 0 saturated heterocycles. The van der Waals surface area contributed by atoms with Gasteiger partial charge in [0.2, 0.25) is 15.8 Å². The summed E-state index contributed by atoms with van der Waals surface area (Å²) in [7, 11) is -5.60. The zero-order valence-electron chi connectivity index (χ0n) is 27.2. The zero-order chi connectivity index (χ0) is 34.6. The van der Waals surface area contributed by atoms with Gasteiger partial charge in [-0.3, -0.25) is 4.98 Å². The van der Waals surface area contributed by atoms with Gasteiger partial charge >= 0.3 is 0 Å². The number of aromatic nitrogens is 5. The lowest BCUT2D eigenvalue weighted by Crippen LogP contribution is -2.27. The maximum Gasteiger partial charge on any atom is 0.242 e. The molecule has 0 amide bonds.